The zero-order valence-electron chi connectivity index (χ0n) is 11.0. The van der Waals surface area contributed by atoms with E-state index >= 15 is 0 Å². The highest BCUT2D eigenvalue weighted by Gasteiger charge is 2.38. The maximum Gasteiger partial charge on any atom is 0.320 e. The number of hydrogen-bond acceptors (Lipinski definition) is 3. The molecule has 2 N–H and O–H groups in total. The molecule has 3 amide bonds. The summed E-state index contributed by atoms with van der Waals surface area (Å²) in [5.41, 5.74) is 0. The minimum Gasteiger partial charge on any atom is -0.481 e. The van der Waals surface area contributed by atoms with Crippen LogP contribution in [0.3, 0.4) is 0 Å². The lowest BCUT2D eigenvalue weighted by atomic mass is 9.99. The number of amides is 3. The number of rotatable bonds is 1. The lowest BCUT2D eigenvalue weighted by Crippen LogP contribution is -2.44. The van der Waals surface area contributed by atoms with Gasteiger partial charge in [-0.3, -0.25) is 9.59 Å². The number of nitrogens with one attached hydrogen (secondary N) is 1. The molecule has 2 aliphatic rings. The van der Waals surface area contributed by atoms with Crippen molar-refractivity contribution in [2.45, 2.75) is 13.3 Å². The number of hydrogen-bond donors (Lipinski definition) is 2. The van der Waals surface area contributed by atoms with E-state index in [-0.39, 0.29) is 24.4 Å². The summed E-state index contributed by atoms with van der Waals surface area (Å²) in [6, 6.07) is -0.160. The third-order valence-corrected chi connectivity index (χ3v) is 3.78. The van der Waals surface area contributed by atoms with E-state index in [0.717, 1.165) is 0 Å². The van der Waals surface area contributed by atoms with Crippen LogP contribution in [0.15, 0.2) is 0 Å². The second-order valence-corrected chi connectivity index (χ2v) is 5.20. The normalized spacial score (nSPS) is 27.9. The molecular weight excluding hydrogens is 250 g/mol. The van der Waals surface area contributed by atoms with Gasteiger partial charge in [-0.15, -0.1) is 0 Å². The molecule has 2 heterocycles. The minimum absolute atomic E-state index is 0.0341. The summed E-state index contributed by atoms with van der Waals surface area (Å²) in [6.07, 6.45) is 0.303. The van der Waals surface area contributed by atoms with Gasteiger partial charge in [0, 0.05) is 39.1 Å². The molecular formula is C12H19N3O4. The third kappa shape index (κ3) is 2.97. The molecule has 7 nitrogen and oxygen atoms in total. The molecule has 106 valence electrons. The molecule has 2 aliphatic heterocycles. The molecule has 2 rings (SSSR count). The van der Waals surface area contributed by atoms with Crippen LogP contribution in [-0.4, -0.2) is 65.5 Å². The van der Waals surface area contributed by atoms with Crippen LogP contribution in [0.2, 0.25) is 0 Å². The number of nitrogens with zero attached hydrogens (tertiary/aromatic N) is 2. The first kappa shape index (κ1) is 13.6. The number of carboxylic acid groups (broad SMARTS) is 1. The summed E-state index contributed by atoms with van der Waals surface area (Å²) in [5, 5.41) is 11.8. The van der Waals surface area contributed by atoms with Gasteiger partial charge in [0.1, 0.15) is 0 Å². The summed E-state index contributed by atoms with van der Waals surface area (Å²) < 4.78 is 0. The van der Waals surface area contributed by atoms with Crippen LogP contribution in [0, 0.1) is 11.8 Å². The zero-order valence-corrected chi connectivity index (χ0v) is 11.0. The van der Waals surface area contributed by atoms with Gasteiger partial charge in [-0.1, -0.05) is 6.92 Å². The molecule has 2 fully saturated rings. The van der Waals surface area contributed by atoms with E-state index in [4.69, 9.17) is 5.11 Å². The molecule has 0 aliphatic carbocycles. The molecule has 0 saturated carbocycles. The summed E-state index contributed by atoms with van der Waals surface area (Å²) in [4.78, 5) is 37.8. The Balaban J connectivity index is 1.97. The Labute approximate surface area is 111 Å². The van der Waals surface area contributed by atoms with Crippen molar-refractivity contribution in [1.82, 2.24) is 15.1 Å². The highest BCUT2D eigenvalue weighted by molar-refractivity contribution is 5.80. The van der Waals surface area contributed by atoms with Gasteiger partial charge in [0.05, 0.1) is 5.92 Å². The minimum atomic E-state index is -0.851. The van der Waals surface area contributed by atoms with Crippen molar-refractivity contribution in [1.29, 1.82) is 0 Å². The smallest absolute Gasteiger partial charge is 0.320 e. The van der Waals surface area contributed by atoms with Gasteiger partial charge >= 0.3 is 12.0 Å². The van der Waals surface area contributed by atoms with Gasteiger partial charge in [-0.25, -0.2) is 4.79 Å². The van der Waals surface area contributed by atoms with E-state index in [1.165, 1.54) is 0 Å². The molecule has 19 heavy (non-hydrogen) atoms. The summed E-state index contributed by atoms with van der Waals surface area (Å²) in [6.45, 7) is 3.90. The first-order valence-corrected chi connectivity index (χ1v) is 6.52. The molecule has 0 bridgehead atoms. The summed E-state index contributed by atoms with van der Waals surface area (Å²) in [7, 11) is 0. The monoisotopic (exact) mass is 269 g/mol. The zero-order chi connectivity index (χ0) is 14.0. The van der Waals surface area contributed by atoms with Gasteiger partial charge in [-0.2, -0.15) is 0 Å². The number of aliphatic carboxylic acids is 1. The molecule has 2 saturated heterocycles. The van der Waals surface area contributed by atoms with Crippen LogP contribution in [0.25, 0.3) is 0 Å². The number of urea groups is 1. The highest BCUT2D eigenvalue weighted by atomic mass is 16.4. The van der Waals surface area contributed by atoms with Crippen molar-refractivity contribution < 1.29 is 19.5 Å². The molecule has 0 spiro atoms. The SMILES string of the molecule is C[C@@H]1CN(C(=O)N2CCNC(=O)CC2)C[C@H]1C(=O)O. The Kier molecular flexibility index (Phi) is 3.92. The maximum absolute atomic E-state index is 12.3. The van der Waals surface area contributed by atoms with Gasteiger partial charge in [0.15, 0.2) is 0 Å². The van der Waals surface area contributed by atoms with Crippen LogP contribution < -0.4 is 5.32 Å². The second kappa shape index (κ2) is 5.46. The van der Waals surface area contributed by atoms with Crippen molar-refractivity contribution in [3.63, 3.8) is 0 Å². The van der Waals surface area contributed by atoms with E-state index in [1.54, 1.807) is 9.80 Å². The predicted octanol–water partition coefficient (Wildman–Crippen LogP) is -0.419. The quantitative estimate of drug-likeness (QED) is 0.676. The largest absolute Gasteiger partial charge is 0.481 e. The topological polar surface area (TPSA) is 90.0 Å². The Hall–Kier alpha value is -1.79. The molecule has 0 aromatic heterocycles. The van der Waals surface area contributed by atoms with Crippen molar-refractivity contribution in [2.75, 3.05) is 32.7 Å². The number of likely N-dealkylation sites (tertiary alicyclic amines) is 1. The highest BCUT2D eigenvalue weighted by Crippen LogP contribution is 2.24. The number of carboxylic acids is 1. The van der Waals surface area contributed by atoms with Crippen molar-refractivity contribution >= 4 is 17.9 Å². The molecule has 0 radical (unpaired) electrons. The van der Waals surface area contributed by atoms with E-state index in [9.17, 15) is 14.4 Å². The molecule has 2 atom stereocenters. The van der Waals surface area contributed by atoms with Gasteiger partial charge < -0.3 is 20.2 Å². The van der Waals surface area contributed by atoms with Crippen LogP contribution in [0.4, 0.5) is 4.79 Å². The first-order chi connectivity index (χ1) is 8.99. The Morgan fingerprint density at radius 1 is 1.26 bits per heavy atom. The van der Waals surface area contributed by atoms with E-state index < -0.39 is 11.9 Å². The number of carbonyl (C=O) groups excluding carboxylic acids is 2. The lowest BCUT2D eigenvalue weighted by Gasteiger charge is -2.26. The van der Waals surface area contributed by atoms with Gasteiger partial charge in [-0.05, 0) is 5.92 Å². The van der Waals surface area contributed by atoms with Gasteiger partial charge in [0.25, 0.3) is 0 Å². The van der Waals surface area contributed by atoms with Crippen LogP contribution in [-0.2, 0) is 9.59 Å². The average Bonchev–Trinajstić information content (AvgIpc) is 2.61. The molecule has 0 unspecified atom stereocenters. The molecule has 0 aromatic rings. The van der Waals surface area contributed by atoms with Crippen molar-refractivity contribution in [2.24, 2.45) is 11.8 Å². The van der Waals surface area contributed by atoms with Gasteiger partial charge in [0.2, 0.25) is 5.91 Å². The first-order valence-electron chi connectivity index (χ1n) is 6.52. The molecule has 0 aromatic carbocycles. The standard InChI is InChI=1S/C12H19N3O4/c1-8-6-15(7-9(8)11(17)18)12(19)14-4-2-10(16)13-3-5-14/h8-9H,2-7H2,1H3,(H,13,16)(H,17,18)/t8-,9-/m1/s1. The average molecular weight is 269 g/mol. The fourth-order valence-corrected chi connectivity index (χ4v) is 2.60. The summed E-state index contributed by atoms with van der Waals surface area (Å²) in [5.74, 6) is -1.42. The van der Waals surface area contributed by atoms with E-state index in [2.05, 4.69) is 5.32 Å². The number of carbonyl (C=O) groups is 3. The Bertz CT molecular complexity index is 398. The van der Waals surface area contributed by atoms with Crippen molar-refractivity contribution in [3.8, 4) is 0 Å². The maximum atomic E-state index is 12.3. The fraction of sp³-hybridized carbons (Fsp3) is 0.750. The van der Waals surface area contributed by atoms with Crippen LogP contribution >= 0.6 is 0 Å². The summed E-state index contributed by atoms with van der Waals surface area (Å²) >= 11 is 0. The van der Waals surface area contributed by atoms with E-state index in [0.29, 0.717) is 32.6 Å². The lowest BCUT2D eigenvalue weighted by molar-refractivity contribution is -0.142. The Morgan fingerprint density at radius 3 is 2.63 bits per heavy atom. The fourth-order valence-electron chi connectivity index (χ4n) is 2.60. The second-order valence-electron chi connectivity index (χ2n) is 5.20. The Morgan fingerprint density at radius 2 is 2.00 bits per heavy atom. The van der Waals surface area contributed by atoms with Crippen molar-refractivity contribution in [3.05, 3.63) is 0 Å². The predicted molar refractivity (Wildman–Crippen MR) is 66.5 cm³/mol. The third-order valence-electron chi connectivity index (χ3n) is 3.78. The molecule has 7 heteroatoms. The van der Waals surface area contributed by atoms with Crippen LogP contribution in [0.5, 0.6) is 0 Å². The van der Waals surface area contributed by atoms with Crippen LogP contribution in [0.1, 0.15) is 13.3 Å². The van der Waals surface area contributed by atoms with E-state index in [1.807, 2.05) is 6.92 Å².